The Morgan fingerprint density at radius 1 is 0.265 bits per heavy atom. The molecule has 0 unspecified atom stereocenters. The molecule has 4 aromatic carbocycles. The first-order valence-corrected chi connectivity index (χ1v) is 21.9. The minimum Gasteiger partial charge on any atom is -0.505 e. The van der Waals surface area contributed by atoms with Gasteiger partial charge < -0.3 is 40.4 Å². The number of pyridine rings is 4. The lowest BCUT2D eigenvalue weighted by Gasteiger charge is -2.13. The lowest BCUT2D eigenvalue weighted by atomic mass is 9.99. The number of benzene rings is 4. The third-order valence-electron chi connectivity index (χ3n) is 13.0. The largest absolute Gasteiger partial charge is 0.505 e. The Labute approximate surface area is 384 Å². The van der Waals surface area contributed by atoms with E-state index in [1.807, 2.05) is 146 Å². The van der Waals surface area contributed by atoms with Gasteiger partial charge in [0.15, 0.2) is 0 Å². The molecule has 1 aliphatic heterocycles. The SMILES string of the molecule is Oc1c(C2=c3ccc([nH]3)=C(c3ccc4cccnc4c3O)c3ccc([nH]3)C(c3ccc4cccnc4c3O)=c3ccc([nH]3)=C(c3ccc4cccnc4c3O)c3ccc2[nH]3)ccc2cccnc12. The highest BCUT2D eigenvalue weighted by Crippen LogP contribution is 2.39. The van der Waals surface area contributed by atoms with Crippen molar-refractivity contribution in [2.24, 2.45) is 0 Å². The second-order valence-corrected chi connectivity index (χ2v) is 16.8. The number of phenolic OH excluding ortho intramolecular Hbond substituents is 4. The van der Waals surface area contributed by atoms with Gasteiger partial charge in [0.25, 0.3) is 0 Å². The number of hydrogen-bond acceptors (Lipinski definition) is 8. The van der Waals surface area contributed by atoms with E-state index < -0.39 is 0 Å². The van der Waals surface area contributed by atoms with Crippen molar-refractivity contribution >= 4 is 65.9 Å². The highest BCUT2D eigenvalue weighted by Gasteiger charge is 2.24. The number of aromatic hydroxyl groups is 4. The molecule has 13 rings (SSSR count). The molecule has 9 heterocycles. The molecule has 0 aliphatic carbocycles. The van der Waals surface area contributed by atoms with Crippen LogP contribution in [0.25, 0.3) is 65.9 Å². The topological polar surface area (TPSA) is 196 Å². The van der Waals surface area contributed by atoms with Crippen molar-refractivity contribution in [3.8, 4) is 23.0 Å². The normalized spacial score (nSPS) is 12.8. The summed E-state index contributed by atoms with van der Waals surface area (Å²) in [6.45, 7) is 0. The number of H-pyrrole nitrogens is 4. The maximum Gasteiger partial charge on any atom is 0.149 e. The molecule has 8 N–H and O–H groups in total. The third kappa shape index (κ3) is 5.94. The summed E-state index contributed by atoms with van der Waals surface area (Å²) < 4.78 is 0. The van der Waals surface area contributed by atoms with E-state index in [-0.39, 0.29) is 23.0 Å². The molecule has 0 spiro atoms. The predicted octanol–water partition coefficient (Wildman–Crippen LogP) is 7.32. The van der Waals surface area contributed by atoms with Crippen LogP contribution in [-0.2, 0) is 0 Å². The summed E-state index contributed by atoms with van der Waals surface area (Å²) in [6.07, 6.45) is 6.63. The second-order valence-electron chi connectivity index (χ2n) is 16.8. The monoisotopic (exact) mass is 884 g/mol. The van der Waals surface area contributed by atoms with Gasteiger partial charge in [0.2, 0.25) is 0 Å². The quantitative estimate of drug-likeness (QED) is 0.0901. The Morgan fingerprint density at radius 3 is 0.765 bits per heavy atom. The van der Waals surface area contributed by atoms with Crippen LogP contribution in [0.15, 0.2) is 170 Å². The van der Waals surface area contributed by atoms with Crippen LogP contribution in [0.3, 0.4) is 0 Å². The fourth-order valence-electron chi connectivity index (χ4n) is 9.81. The van der Waals surface area contributed by atoms with E-state index in [9.17, 15) is 20.4 Å². The van der Waals surface area contributed by atoms with Gasteiger partial charge in [-0.1, -0.05) is 48.5 Å². The van der Waals surface area contributed by atoms with Crippen molar-refractivity contribution < 1.29 is 20.4 Å². The lowest BCUT2D eigenvalue weighted by molar-refractivity contribution is 0.478. The fraction of sp³-hybridized carbons (Fsp3) is 0. The van der Waals surface area contributed by atoms with Crippen LogP contribution in [0.2, 0.25) is 0 Å². The summed E-state index contributed by atoms with van der Waals surface area (Å²) in [5.41, 5.74) is 9.03. The number of hydrogen-bond donors (Lipinski definition) is 8. The van der Waals surface area contributed by atoms with E-state index in [0.29, 0.717) is 111 Å². The molecule has 0 amide bonds. The van der Waals surface area contributed by atoms with E-state index >= 15 is 0 Å². The smallest absolute Gasteiger partial charge is 0.149 e. The standard InChI is InChI=1S/C56H36N8O4/c65-53-33(13-9-29-5-1-25-57-49(29)53)45-37-17-19-39(61-37)46(34-14-10-30-6-2-26-58-50(30)54(34)66)41-21-23-43(63-41)48(36-16-12-32-8-4-28-60-52(32)56(36)68)44-24-22-42(64-44)47(40-20-18-38(45)62-40)35-15-11-31-7-3-27-59-51(31)55(35)67/h1-28,61-68H. The zero-order valence-electron chi connectivity index (χ0n) is 35.7. The summed E-state index contributed by atoms with van der Waals surface area (Å²) in [4.78, 5) is 33.0. The molecule has 8 aromatic heterocycles. The van der Waals surface area contributed by atoms with Crippen LogP contribution >= 0.6 is 0 Å². The third-order valence-corrected chi connectivity index (χ3v) is 13.0. The van der Waals surface area contributed by atoms with Crippen molar-refractivity contribution in [1.29, 1.82) is 0 Å². The Kier molecular flexibility index (Phi) is 8.51. The molecule has 0 fully saturated rings. The Bertz CT molecular complexity index is 3800. The van der Waals surface area contributed by atoms with Gasteiger partial charge in [0.05, 0.1) is 0 Å². The van der Waals surface area contributed by atoms with Crippen LogP contribution in [-0.4, -0.2) is 60.3 Å². The molecule has 1 aliphatic rings. The van der Waals surface area contributed by atoms with Crippen molar-refractivity contribution in [2.45, 2.75) is 0 Å². The van der Waals surface area contributed by atoms with E-state index in [4.69, 9.17) is 0 Å². The average Bonchev–Trinajstić information content (AvgIpc) is 4.23. The number of nitrogens with one attached hydrogen (secondary N) is 4. The van der Waals surface area contributed by atoms with Crippen molar-refractivity contribution in [3.05, 3.63) is 237 Å². The average molecular weight is 885 g/mol. The van der Waals surface area contributed by atoms with Crippen LogP contribution in [0, 0.1) is 0 Å². The van der Waals surface area contributed by atoms with Crippen molar-refractivity contribution in [1.82, 2.24) is 39.9 Å². The first kappa shape index (κ1) is 38.8. The molecule has 0 saturated carbocycles. The van der Waals surface area contributed by atoms with Crippen LogP contribution in [0.5, 0.6) is 23.0 Å². The van der Waals surface area contributed by atoms with E-state index in [2.05, 4.69) is 39.9 Å². The highest BCUT2D eigenvalue weighted by atomic mass is 16.3. The van der Waals surface area contributed by atoms with E-state index in [1.165, 1.54) is 0 Å². The minimum atomic E-state index is 0.00272. The molecule has 0 radical (unpaired) electrons. The number of aromatic nitrogens is 8. The summed E-state index contributed by atoms with van der Waals surface area (Å²) >= 11 is 0. The van der Waals surface area contributed by atoms with Gasteiger partial charge in [-0.25, -0.2) is 0 Å². The molecule has 324 valence electrons. The van der Waals surface area contributed by atoms with Gasteiger partial charge in [-0.15, -0.1) is 0 Å². The predicted molar refractivity (Wildman–Crippen MR) is 262 cm³/mol. The van der Waals surface area contributed by atoms with Crippen molar-refractivity contribution in [2.75, 3.05) is 0 Å². The minimum absolute atomic E-state index is 0.00272. The molecule has 12 nitrogen and oxygen atoms in total. The zero-order valence-corrected chi connectivity index (χ0v) is 35.7. The Morgan fingerprint density at radius 2 is 0.515 bits per heavy atom. The Hall–Kier alpha value is -9.68. The van der Waals surface area contributed by atoms with Gasteiger partial charge >= 0.3 is 0 Å². The number of fused-ring (bicyclic) bond motifs is 12. The number of rotatable bonds is 4. The molecule has 8 bridgehead atoms. The lowest BCUT2D eigenvalue weighted by Crippen LogP contribution is -2.19. The number of phenols is 4. The molecular weight excluding hydrogens is 849 g/mol. The molecule has 0 saturated heterocycles. The molecule has 12 heteroatoms. The van der Waals surface area contributed by atoms with Gasteiger partial charge in [0, 0.05) is 135 Å². The molecule has 68 heavy (non-hydrogen) atoms. The van der Waals surface area contributed by atoms with Gasteiger partial charge in [-0.05, 0) is 97.1 Å². The van der Waals surface area contributed by atoms with E-state index in [1.54, 1.807) is 24.8 Å². The molecule has 12 aromatic rings. The summed E-state index contributed by atoms with van der Waals surface area (Å²) in [7, 11) is 0. The van der Waals surface area contributed by atoms with E-state index in [0.717, 1.165) is 21.5 Å². The summed E-state index contributed by atoms with van der Waals surface area (Å²) in [5.74, 6) is 0.0109. The van der Waals surface area contributed by atoms with Gasteiger partial charge in [0.1, 0.15) is 45.1 Å². The number of aromatic amines is 4. The zero-order chi connectivity index (χ0) is 45.6. The van der Waals surface area contributed by atoms with Gasteiger partial charge in [-0.2, -0.15) is 0 Å². The summed E-state index contributed by atoms with van der Waals surface area (Å²) in [6, 6.07) is 45.8. The molecular formula is C56H36N8O4. The first-order chi connectivity index (χ1) is 33.4. The van der Waals surface area contributed by atoms with Gasteiger partial charge in [-0.3, -0.25) is 19.9 Å². The Balaban J connectivity index is 1.19. The number of nitrogens with zero attached hydrogens (tertiary/aromatic N) is 4. The maximum absolute atomic E-state index is 12.1. The van der Waals surface area contributed by atoms with Crippen molar-refractivity contribution in [3.63, 3.8) is 0 Å². The van der Waals surface area contributed by atoms with Crippen LogP contribution in [0.1, 0.15) is 45.0 Å². The first-order valence-electron chi connectivity index (χ1n) is 21.9. The van der Waals surface area contributed by atoms with Crippen LogP contribution in [0.4, 0.5) is 0 Å². The summed E-state index contributed by atoms with van der Waals surface area (Å²) in [5, 5.41) is 54.1. The maximum atomic E-state index is 12.1. The van der Waals surface area contributed by atoms with Crippen LogP contribution < -0.4 is 21.4 Å². The second kappa shape index (κ2) is 14.9. The fourth-order valence-corrected chi connectivity index (χ4v) is 9.81. The molecule has 0 atom stereocenters. The highest BCUT2D eigenvalue weighted by molar-refractivity contribution is 5.98.